The quantitative estimate of drug-likeness (QED) is 0.566. The van der Waals surface area contributed by atoms with Crippen LogP contribution in [0.4, 0.5) is 0 Å². The van der Waals surface area contributed by atoms with Crippen LogP contribution >= 0.6 is 0 Å². The van der Waals surface area contributed by atoms with E-state index in [0.29, 0.717) is 6.54 Å². The van der Waals surface area contributed by atoms with Gasteiger partial charge in [0, 0.05) is 19.0 Å². The molecule has 0 spiro atoms. The maximum Gasteiger partial charge on any atom is 0.158 e. The zero-order valence-corrected chi connectivity index (χ0v) is 6.97. The van der Waals surface area contributed by atoms with Crippen molar-refractivity contribution in [2.24, 2.45) is 11.3 Å². The molecule has 2 aliphatic rings. The van der Waals surface area contributed by atoms with Gasteiger partial charge in [0.2, 0.25) is 0 Å². The Morgan fingerprint density at radius 1 is 1.67 bits per heavy atom. The molecule has 64 valence electrons. The molecule has 0 aromatic heterocycles. The number of ketones is 1. The molecular weight excluding hydrogens is 152 g/mol. The van der Waals surface area contributed by atoms with Crippen molar-refractivity contribution in [3.63, 3.8) is 0 Å². The summed E-state index contributed by atoms with van der Waals surface area (Å²) in [7, 11) is 0. The SMILES string of the molecule is N#CC12CCCC(CNC1)C2=O. The van der Waals surface area contributed by atoms with E-state index in [1.54, 1.807) is 0 Å². The van der Waals surface area contributed by atoms with Gasteiger partial charge < -0.3 is 5.32 Å². The van der Waals surface area contributed by atoms with E-state index in [1.807, 2.05) is 0 Å². The van der Waals surface area contributed by atoms with Crippen LogP contribution in [-0.4, -0.2) is 18.9 Å². The summed E-state index contributed by atoms with van der Waals surface area (Å²) in [5.41, 5.74) is -0.666. The van der Waals surface area contributed by atoms with Gasteiger partial charge in [-0.05, 0) is 12.8 Å². The first-order valence-electron chi connectivity index (χ1n) is 4.45. The third-order valence-corrected chi connectivity index (χ3v) is 3.03. The Labute approximate surface area is 71.8 Å². The first-order chi connectivity index (χ1) is 5.78. The second-order valence-corrected chi connectivity index (χ2v) is 3.78. The molecule has 1 aliphatic carbocycles. The molecule has 1 N–H and O–H groups in total. The van der Waals surface area contributed by atoms with Gasteiger partial charge in [-0.1, -0.05) is 6.42 Å². The molecule has 1 saturated heterocycles. The number of hydrogen-bond donors (Lipinski definition) is 1. The summed E-state index contributed by atoms with van der Waals surface area (Å²) in [5, 5.41) is 12.1. The highest BCUT2D eigenvalue weighted by Gasteiger charge is 2.47. The Bertz CT molecular complexity index is 244. The Morgan fingerprint density at radius 2 is 2.50 bits per heavy atom. The number of carbonyl (C=O) groups is 1. The highest BCUT2D eigenvalue weighted by atomic mass is 16.1. The molecule has 0 amide bonds. The van der Waals surface area contributed by atoms with Crippen LogP contribution in [0.25, 0.3) is 0 Å². The average Bonchev–Trinajstić information content (AvgIpc) is 2.05. The number of nitriles is 1. The second kappa shape index (κ2) is 2.56. The van der Waals surface area contributed by atoms with E-state index in [4.69, 9.17) is 5.26 Å². The number of Topliss-reactive ketones (excluding diaryl/α,β-unsaturated/α-hetero) is 1. The maximum atomic E-state index is 11.7. The molecule has 0 aromatic rings. The lowest BCUT2D eigenvalue weighted by Gasteiger charge is -2.39. The van der Waals surface area contributed by atoms with Crippen molar-refractivity contribution in [2.75, 3.05) is 13.1 Å². The van der Waals surface area contributed by atoms with Crippen LogP contribution in [0.15, 0.2) is 0 Å². The van der Waals surface area contributed by atoms with E-state index in [0.717, 1.165) is 25.8 Å². The summed E-state index contributed by atoms with van der Waals surface area (Å²) in [5.74, 6) is 0.308. The zero-order chi connectivity index (χ0) is 8.60. The highest BCUT2D eigenvalue weighted by molar-refractivity contribution is 5.91. The van der Waals surface area contributed by atoms with Crippen LogP contribution < -0.4 is 5.32 Å². The number of rotatable bonds is 0. The minimum atomic E-state index is -0.666. The van der Waals surface area contributed by atoms with Crippen LogP contribution in [0.3, 0.4) is 0 Å². The van der Waals surface area contributed by atoms with E-state index in [9.17, 15) is 4.79 Å². The van der Waals surface area contributed by atoms with Gasteiger partial charge in [0.25, 0.3) is 0 Å². The number of nitrogens with zero attached hydrogens (tertiary/aromatic N) is 1. The molecule has 3 nitrogen and oxygen atoms in total. The fourth-order valence-corrected chi connectivity index (χ4v) is 2.28. The van der Waals surface area contributed by atoms with Gasteiger partial charge in [0.05, 0.1) is 6.07 Å². The van der Waals surface area contributed by atoms with Crippen LogP contribution in [0.2, 0.25) is 0 Å². The van der Waals surface area contributed by atoms with Crippen molar-refractivity contribution in [1.29, 1.82) is 5.26 Å². The van der Waals surface area contributed by atoms with Crippen LogP contribution in [0, 0.1) is 22.7 Å². The number of hydrogen-bond acceptors (Lipinski definition) is 3. The standard InChI is InChI=1S/C9H12N2O/c10-5-9-3-1-2-7(8(9)12)4-11-6-9/h7,11H,1-4,6H2. The van der Waals surface area contributed by atoms with Crippen molar-refractivity contribution in [3.05, 3.63) is 0 Å². The van der Waals surface area contributed by atoms with Gasteiger partial charge in [-0.3, -0.25) is 4.79 Å². The Morgan fingerprint density at radius 3 is 3.17 bits per heavy atom. The number of piperidine rings is 1. The van der Waals surface area contributed by atoms with Gasteiger partial charge in [0.15, 0.2) is 5.78 Å². The van der Waals surface area contributed by atoms with E-state index in [-0.39, 0.29) is 11.7 Å². The molecule has 1 aliphatic heterocycles. The maximum absolute atomic E-state index is 11.7. The van der Waals surface area contributed by atoms with E-state index in [1.165, 1.54) is 0 Å². The molecule has 2 rings (SSSR count). The molecule has 2 fully saturated rings. The lowest BCUT2D eigenvalue weighted by Crippen LogP contribution is -2.54. The summed E-state index contributed by atoms with van der Waals surface area (Å²) in [4.78, 5) is 11.7. The zero-order valence-electron chi connectivity index (χ0n) is 6.97. The Kier molecular flexibility index (Phi) is 1.66. The number of nitrogens with one attached hydrogen (secondary N) is 1. The number of fused-ring (bicyclic) bond motifs is 2. The molecule has 1 saturated carbocycles. The fourth-order valence-electron chi connectivity index (χ4n) is 2.28. The molecule has 1 heterocycles. The van der Waals surface area contributed by atoms with Crippen molar-refractivity contribution >= 4 is 5.78 Å². The van der Waals surface area contributed by atoms with E-state index < -0.39 is 5.41 Å². The third-order valence-electron chi connectivity index (χ3n) is 3.03. The Hall–Kier alpha value is -0.880. The van der Waals surface area contributed by atoms with Crippen LogP contribution in [0.1, 0.15) is 19.3 Å². The summed E-state index contributed by atoms with van der Waals surface area (Å²) in [6.45, 7) is 1.35. The van der Waals surface area contributed by atoms with Crippen molar-refractivity contribution in [3.8, 4) is 6.07 Å². The van der Waals surface area contributed by atoms with Gasteiger partial charge in [0.1, 0.15) is 5.41 Å². The molecular formula is C9H12N2O. The molecule has 2 atom stereocenters. The van der Waals surface area contributed by atoms with Gasteiger partial charge >= 0.3 is 0 Å². The minimum Gasteiger partial charge on any atom is -0.314 e. The van der Waals surface area contributed by atoms with Gasteiger partial charge in [-0.2, -0.15) is 5.26 Å². The smallest absolute Gasteiger partial charge is 0.158 e. The molecule has 12 heavy (non-hydrogen) atoms. The van der Waals surface area contributed by atoms with Crippen molar-refractivity contribution in [2.45, 2.75) is 19.3 Å². The predicted molar refractivity (Wildman–Crippen MR) is 43.3 cm³/mol. The van der Waals surface area contributed by atoms with Crippen LogP contribution in [-0.2, 0) is 4.79 Å². The fraction of sp³-hybridized carbons (Fsp3) is 0.778. The highest BCUT2D eigenvalue weighted by Crippen LogP contribution is 2.37. The molecule has 2 unspecified atom stereocenters. The summed E-state index contributed by atoms with van der Waals surface area (Å²) in [6.07, 6.45) is 2.76. The van der Waals surface area contributed by atoms with Crippen LogP contribution in [0.5, 0.6) is 0 Å². The summed E-state index contributed by atoms with van der Waals surface area (Å²) >= 11 is 0. The Balaban J connectivity index is 2.31. The van der Waals surface area contributed by atoms with E-state index in [2.05, 4.69) is 11.4 Å². The second-order valence-electron chi connectivity index (χ2n) is 3.78. The molecule has 0 radical (unpaired) electrons. The largest absolute Gasteiger partial charge is 0.314 e. The monoisotopic (exact) mass is 164 g/mol. The van der Waals surface area contributed by atoms with Crippen molar-refractivity contribution < 1.29 is 4.79 Å². The first-order valence-corrected chi connectivity index (χ1v) is 4.45. The topological polar surface area (TPSA) is 52.9 Å². The molecule has 2 bridgehead atoms. The summed E-state index contributed by atoms with van der Waals surface area (Å²) in [6, 6.07) is 2.19. The third kappa shape index (κ3) is 0.881. The minimum absolute atomic E-state index is 0.118. The predicted octanol–water partition coefficient (Wildman–Crippen LogP) is 0.469. The van der Waals surface area contributed by atoms with Crippen molar-refractivity contribution in [1.82, 2.24) is 5.32 Å². The molecule has 3 heteroatoms. The summed E-state index contributed by atoms with van der Waals surface area (Å²) < 4.78 is 0. The van der Waals surface area contributed by atoms with E-state index >= 15 is 0 Å². The first kappa shape index (κ1) is 7.75. The number of carbonyl (C=O) groups excluding carboxylic acids is 1. The average molecular weight is 164 g/mol. The van der Waals surface area contributed by atoms with Gasteiger partial charge in [-0.15, -0.1) is 0 Å². The lowest BCUT2D eigenvalue weighted by atomic mass is 9.67. The van der Waals surface area contributed by atoms with Gasteiger partial charge in [-0.25, -0.2) is 0 Å². The lowest BCUT2D eigenvalue weighted by molar-refractivity contribution is -0.134. The normalized spacial score (nSPS) is 40.6. The molecule has 0 aromatic carbocycles.